The zero-order chi connectivity index (χ0) is 21.2. The van der Waals surface area contributed by atoms with Crippen molar-refractivity contribution in [2.75, 3.05) is 11.9 Å². The van der Waals surface area contributed by atoms with Crippen molar-refractivity contribution in [3.05, 3.63) is 65.2 Å². The Morgan fingerprint density at radius 2 is 1.83 bits per heavy atom. The number of amides is 4. The van der Waals surface area contributed by atoms with Gasteiger partial charge in [-0.2, -0.15) is 0 Å². The molecule has 1 aliphatic rings. The number of imide groups is 1. The van der Waals surface area contributed by atoms with E-state index in [2.05, 4.69) is 17.6 Å². The second-order valence-electron chi connectivity index (χ2n) is 7.07. The predicted molar refractivity (Wildman–Crippen MR) is 103 cm³/mol. The summed E-state index contributed by atoms with van der Waals surface area (Å²) in [6.07, 6.45) is 1.90. The average molecular weight is 401 g/mol. The van der Waals surface area contributed by atoms with E-state index in [4.69, 9.17) is 0 Å². The van der Waals surface area contributed by atoms with Gasteiger partial charge in [0.15, 0.2) is 0 Å². The highest BCUT2D eigenvalue weighted by atomic mass is 19.1. The number of nitrogens with one attached hydrogen (secondary N) is 2. The van der Waals surface area contributed by atoms with Crippen molar-refractivity contribution in [3.8, 4) is 0 Å². The molecule has 1 aliphatic heterocycles. The van der Waals surface area contributed by atoms with Crippen LogP contribution in [0.4, 0.5) is 19.3 Å². The Bertz CT molecular complexity index is 962. The van der Waals surface area contributed by atoms with Gasteiger partial charge in [0.05, 0.1) is 5.69 Å². The number of halogens is 2. The van der Waals surface area contributed by atoms with Gasteiger partial charge in [-0.3, -0.25) is 14.5 Å². The number of nitrogens with zero attached hydrogens (tertiary/aromatic N) is 1. The third-order valence-corrected chi connectivity index (χ3v) is 4.85. The van der Waals surface area contributed by atoms with Gasteiger partial charge in [0.1, 0.15) is 23.7 Å². The van der Waals surface area contributed by atoms with Gasteiger partial charge >= 0.3 is 6.03 Å². The predicted octanol–water partition coefficient (Wildman–Crippen LogP) is 3.32. The maximum Gasteiger partial charge on any atom is 0.325 e. The van der Waals surface area contributed by atoms with Crippen molar-refractivity contribution < 1.29 is 23.2 Å². The van der Waals surface area contributed by atoms with Crippen LogP contribution in [-0.4, -0.2) is 29.3 Å². The van der Waals surface area contributed by atoms with Gasteiger partial charge in [0, 0.05) is 6.07 Å². The molecule has 2 aromatic carbocycles. The summed E-state index contributed by atoms with van der Waals surface area (Å²) in [6.45, 7) is 3.04. The number of anilines is 1. The molecule has 8 heteroatoms. The van der Waals surface area contributed by atoms with Gasteiger partial charge in [0.2, 0.25) is 5.91 Å². The van der Waals surface area contributed by atoms with Crippen LogP contribution >= 0.6 is 0 Å². The van der Waals surface area contributed by atoms with Gasteiger partial charge < -0.3 is 10.6 Å². The monoisotopic (exact) mass is 401 g/mol. The highest BCUT2D eigenvalue weighted by Crippen LogP contribution is 2.29. The molecule has 0 spiro atoms. The number of benzene rings is 2. The first-order valence-electron chi connectivity index (χ1n) is 9.23. The summed E-state index contributed by atoms with van der Waals surface area (Å²) in [4.78, 5) is 38.2. The van der Waals surface area contributed by atoms with E-state index < -0.39 is 41.6 Å². The van der Waals surface area contributed by atoms with E-state index in [9.17, 15) is 23.2 Å². The van der Waals surface area contributed by atoms with Crippen LogP contribution in [0.5, 0.6) is 0 Å². The van der Waals surface area contributed by atoms with Crippen LogP contribution < -0.4 is 10.6 Å². The van der Waals surface area contributed by atoms with Gasteiger partial charge in [-0.15, -0.1) is 0 Å². The number of carbonyl (C=O) groups excluding carboxylic acids is 3. The van der Waals surface area contributed by atoms with Crippen LogP contribution in [0.25, 0.3) is 0 Å². The molecule has 2 aromatic rings. The molecule has 29 heavy (non-hydrogen) atoms. The lowest BCUT2D eigenvalue weighted by Gasteiger charge is -2.22. The number of urea groups is 1. The largest absolute Gasteiger partial charge is 0.325 e. The summed E-state index contributed by atoms with van der Waals surface area (Å²) in [5.41, 5.74) is 0.179. The molecular formula is C21H21F2N3O3. The molecule has 1 saturated heterocycles. The molecule has 1 atom stereocenters. The van der Waals surface area contributed by atoms with Gasteiger partial charge in [-0.1, -0.05) is 37.6 Å². The average Bonchev–Trinajstić information content (AvgIpc) is 2.89. The van der Waals surface area contributed by atoms with Gasteiger partial charge in [0.25, 0.3) is 5.91 Å². The van der Waals surface area contributed by atoms with Crippen LogP contribution in [0.1, 0.15) is 31.4 Å². The summed E-state index contributed by atoms with van der Waals surface area (Å²) in [5, 5.41) is 4.86. The molecule has 1 fully saturated rings. The zero-order valence-corrected chi connectivity index (χ0v) is 16.1. The van der Waals surface area contributed by atoms with Crippen molar-refractivity contribution in [2.24, 2.45) is 0 Å². The second kappa shape index (κ2) is 7.98. The lowest BCUT2D eigenvalue weighted by Crippen LogP contribution is -2.42. The maximum absolute atomic E-state index is 13.7. The summed E-state index contributed by atoms with van der Waals surface area (Å²) in [5.74, 6) is -3.09. The molecule has 2 N–H and O–H groups in total. The van der Waals surface area contributed by atoms with Crippen LogP contribution in [0.3, 0.4) is 0 Å². The zero-order valence-electron chi connectivity index (χ0n) is 16.1. The van der Waals surface area contributed by atoms with Crippen molar-refractivity contribution in [3.63, 3.8) is 0 Å². The smallest absolute Gasteiger partial charge is 0.322 e. The van der Waals surface area contributed by atoms with E-state index >= 15 is 0 Å². The minimum absolute atomic E-state index is 0.238. The van der Waals surface area contributed by atoms with Crippen LogP contribution in [-0.2, 0) is 21.5 Å². The second-order valence-corrected chi connectivity index (χ2v) is 7.07. The van der Waals surface area contributed by atoms with Gasteiger partial charge in [-0.05, 0) is 36.6 Å². The minimum atomic E-state index is -1.30. The third-order valence-electron chi connectivity index (χ3n) is 4.85. The normalized spacial score (nSPS) is 18.7. The molecule has 0 radical (unpaired) electrons. The van der Waals surface area contributed by atoms with Crippen LogP contribution in [0, 0.1) is 11.6 Å². The Hall–Kier alpha value is -3.29. The van der Waals surface area contributed by atoms with Gasteiger partial charge in [-0.25, -0.2) is 13.6 Å². The first-order chi connectivity index (χ1) is 13.7. The molecular weight excluding hydrogens is 380 g/mol. The molecule has 0 aliphatic carbocycles. The lowest BCUT2D eigenvalue weighted by atomic mass is 9.91. The van der Waals surface area contributed by atoms with E-state index in [1.807, 2.05) is 12.1 Å². The van der Waals surface area contributed by atoms with Crippen molar-refractivity contribution >= 4 is 23.5 Å². The first-order valence-corrected chi connectivity index (χ1v) is 9.23. The summed E-state index contributed by atoms with van der Waals surface area (Å²) in [7, 11) is 0. The van der Waals surface area contributed by atoms with Crippen LogP contribution in [0.15, 0.2) is 42.5 Å². The van der Waals surface area contributed by atoms with E-state index in [0.29, 0.717) is 11.6 Å². The number of carbonyl (C=O) groups is 3. The Kier molecular flexibility index (Phi) is 5.63. The number of hydrogen-bond acceptors (Lipinski definition) is 3. The fraction of sp³-hybridized carbons (Fsp3) is 0.286. The van der Waals surface area contributed by atoms with E-state index in [0.717, 1.165) is 35.4 Å². The first kappa shape index (κ1) is 20.4. The van der Waals surface area contributed by atoms with E-state index in [-0.39, 0.29) is 5.69 Å². The molecule has 0 saturated carbocycles. The Labute approximate surface area is 166 Å². The Morgan fingerprint density at radius 3 is 2.45 bits per heavy atom. The van der Waals surface area contributed by atoms with Crippen molar-refractivity contribution in [1.29, 1.82) is 0 Å². The summed E-state index contributed by atoms with van der Waals surface area (Å²) < 4.78 is 26.7. The van der Waals surface area contributed by atoms with E-state index in [1.165, 1.54) is 0 Å². The Balaban J connectivity index is 1.73. The topological polar surface area (TPSA) is 78.5 Å². The molecule has 0 bridgehead atoms. The fourth-order valence-electron chi connectivity index (χ4n) is 3.25. The lowest BCUT2D eigenvalue weighted by molar-refractivity contribution is -0.133. The standard InChI is InChI=1S/C21H21F2N3O3/c1-3-4-13-5-7-14(8-6-13)21(2)19(28)26(20(29)25-21)12-18(27)24-17-10-9-15(22)11-16(17)23/h5-11H,3-4,12H2,1-2H3,(H,24,27)(H,25,29)/t21-/m0/s1. The molecule has 0 aromatic heterocycles. The van der Waals surface area contributed by atoms with Crippen molar-refractivity contribution in [2.45, 2.75) is 32.2 Å². The number of rotatable bonds is 6. The molecule has 3 rings (SSSR count). The molecule has 6 nitrogen and oxygen atoms in total. The SMILES string of the molecule is CCCc1ccc([C@]2(C)NC(=O)N(CC(=O)Nc3ccc(F)cc3F)C2=O)cc1. The molecule has 1 heterocycles. The third kappa shape index (κ3) is 4.11. The highest BCUT2D eigenvalue weighted by molar-refractivity contribution is 6.10. The fourth-order valence-corrected chi connectivity index (χ4v) is 3.25. The number of hydrogen-bond donors (Lipinski definition) is 2. The minimum Gasteiger partial charge on any atom is -0.322 e. The number of aryl methyl sites for hydroxylation is 1. The molecule has 152 valence electrons. The highest BCUT2D eigenvalue weighted by Gasteiger charge is 2.49. The summed E-state index contributed by atoms with van der Waals surface area (Å²) in [6, 6.07) is 9.32. The maximum atomic E-state index is 13.7. The van der Waals surface area contributed by atoms with E-state index in [1.54, 1.807) is 19.1 Å². The molecule has 4 amide bonds. The Morgan fingerprint density at radius 1 is 1.14 bits per heavy atom. The molecule has 0 unspecified atom stereocenters. The quantitative estimate of drug-likeness (QED) is 0.729. The van der Waals surface area contributed by atoms with Crippen molar-refractivity contribution in [1.82, 2.24) is 10.2 Å². The summed E-state index contributed by atoms with van der Waals surface area (Å²) >= 11 is 0. The van der Waals surface area contributed by atoms with Crippen LogP contribution in [0.2, 0.25) is 0 Å².